The van der Waals surface area contributed by atoms with E-state index in [1.807, 2.05) is 0 Å². The van der Waals surface area contributed by atoms with Crippen LogP contribution in [0.1, 0.15) is 18.4 Å². The summed E-state index contributed by atoms with van der Waals surface area (Å²) in [6, 6.07) is 5.70. The Labute approximate surface area is 118 Å². The summed E-state index contributed by atoms with van der Waals surface area (Å²) in [5.41, 5.74) is 0.571. The highest BCUT2D eigenvalue weighted by atomic mass is 32.2. The quantitative estimate of drug-likeness (QED) is 0.657. The first-order chi connectivity index (χ1) is 9.46. The van der Waals surface area contributed by atoms with Gasteiger partial charge in [0.15, 0.2) is 9.84 Å². The maximum atomic E-state index is 12.1. The van der Waals surface area contributed by atoms with E-state index in [1.54, 1.807) is 0 Å². The highest BCUT2D eigenvalue weighted by Crippen LogP contribution is 2.18. The molecule has 7 heteroatoms. The van der Waals surface area contributed by atoms with Crippen molar-refractivity contribution >= 4 is 15.5 Å². The maximum absolute atomic E-state index is 12.1. The van der Waals surface area contributed by atoms with Crippen molar-refractivity contribution in [2.45, 2.75) is 18.6 Å². The van der Waals surface area contributed by atoms with E-state index in [0.29, 0.717) is 5.56 Å². The zero-order valence-corrected chi connectivity index (χ0v) is 11.9. The molecule has 1 saturated heterocycles. The molecule has 2 rings (SSSR count). The standard InChI is InChI=1S/C13H18N2O4S/c16-15(17)13-5-3-11(4-6-13)9-20(18,19)10-12-2-1-7-14-8-12/h3-6,12,14H,1-2,7-10H2. The molecule has 0 aliphatic carbocycles. The van der Waals surface area contributed by atoms with Crippen molar-refractivity contribution < 1.29 is 13.3 Å². The molecule has 1 atom stereocenters. The fourth-order valence-corrected chi connectivity index (χ4v) is 4.27. The minimum atomic E-state index is -3.18. The summed E-state index contributed by atoms with van der Waals surface area (Å²) in [4.78, 5) is 10.0. The van der Waals surface area contributed by atoms with Crippen molar-refractivity contribution in [3.05, 3.63) is 39.9 Å². The number of nitrogens with one attached hydrogen (secondary N) is 1. The summed E-state index contributed by atoms with van der Waals surface area (Å²) in [5, 5.41) is 13.7. The van der Waals surface area contributed by atoms with E-state index >= 15 is 0 Å². The summed E-state index contributed by atoms with van der Waals surface area (Å²) in [7, 11) is -3.18. The molecule has 0 radical (unpaired) electrons. The number of rotatable bonds is 5. The number of nitro groups is 1. The van der Waals surface area contributed by atoms with E-state index in [1.165, 1.54) is 24.3 Å². The first-order valence-corrected chi connectivity index (χ1v) is 8.43. The molecular formula is C13H18N2O4S. The average Bonchev–Trinajstić information content (AvgIpc) is 2.39. The summed E-state index contributed by atoms with van der Waals surface area (Å²) >= 11 is 0. The summed E-state index contributed by atoms with van der Waals surface area (Å²) in [6.07, 6.45) is 1.95. The second-order valence-corrected chi connectivity index (χ2v) is 7.30. The Bertz CT molecular complexity index is 563. The third-order valence-electron chi connectivity index (χ3n) is 3.42. The molecule has 1 aliphatic rings. The molecule has 1 heterocycles. The van der Waals surface area contributed by atoms with E-state index in [-0.39, 0.29) is 23.1 Å². The van der Waals surface area contributed by atoms with Crippen molar-refractivity contribution in [2.24, 2.45) is 5.92 Å². The van der Waals surface area contributed by atoms with Gasteiger partial charge in [-0.3, -0.25) is 10.1 Å². The highest BCUT2D eigenvalue weighted by molar-refractivity contribution is 7.90. The fraction of sp³-hybridized carbons (Fsp3) is 0.538. The number of piperidine rings is 1. The van der Waals surface area contributed by atoms with Gasteiger partial charge in [0.25, 0.3) is 5.69 Å². The molecule has 0 saturated carbocycles. The van der Waals surface area contributed by atoms with Gasteiger partial charge in [-0.15, -0.1) is 0 Å². The van der Waals surface area contributed by atoms with Crippen LogP contribution in [0.4, 0.5) is 5.69 Å². The van der Waals surface area contributed by atoms with Gasteiger partial charge < -0.3 is 5.32 Å². The van der Waals surface area contributed by atoms with Crippen LogP contribution >= 0.6 is 0 Å². The van der Waals surface area contributed by atoms with Crippen molar-refractivity contribution in [2.75, 3.05) is 18.8 Å². The molecule has 1 aliphatic heterocycles. The maximum Gasteiger partial charge on any atom is 0.269 e. The van der Waals surface area contributed by atoms with Gasteiger partial charge in [-0.2, -0.15) is 0 Å². The minimum absolute atomic E-state index is 0.0253. The van der Waals surface area contributed by atoms with Crippen LogP contribution in [0.2, 0.25) is 0 Å². The lowest BCUT2D eigenvalue weighted by Gasteiger charge is -2.22. The number of hydrogen-bond donors (Lipinski definition) is 1. The van der Waals surface area contributed by atoms with E-state index in [2.05, 4.69) is 5.32 Å². The van der Waals surface area contributed by atoms with Crippen molar-refractivity contribution in [3.8, 4) is 0 Å². The molecular weight excluding hydrogens is 280 g/mol. The monoisotopic (exact) mass is 298 g/mol. The Hall–Kier alpha value is -1.47. The van der Waals surface area contributed by atoms with Gasteiger partial charge in [-0.1, -0.05) is 12.1 Å². The molecule has 0 bridgehead atoms. The predicted octanol–water partition coefficient (Wildman–Crippen LogP) is 1.51. The number of nitrogens with zero attached hydrogens (tertiary/aromatic N) is 1. The van der Waals surface area contributed by atoms with E-state index < -0.39 is 14.8 Å². The second kappa shape index (κ2) is 6.32. The Morgan fingerprint density at radius 3 is 2.55 bits per heavy atom. The van der Waals surface area contributed by atoms with E-state index in [4.69, 9.17) is 0 Å². The Balaban J connectivity index is 1.98. The predicted molar refractivity (Wildman–Crippen MR) is 76.2 cm³/mol. The Morgan fingerprint density at radius 1 is 1.30 bits per heavy atom. The van der Waals surface area contributed by atoms with Crippen LogP contribution in [-0.4, -0.2) is 32.2 Å². The van der Waals surface area contributed by atoms with Gasteiger partial charge in [-0.05, 0) is 37.4 Å². The molecule has 110 valence electrons. The van der Waals surface area contributed by atoms with Crippen LogP contribution in [0.15, 0.2) is 24.3 Å². The highest BCUT2D eigenvalue weighted by Gasteiger charge is 2.21. The molecule has 0 amide bonds. The van der Waals surface area contributed by atoms with Gasteiger partial charge in [0, 0.05) is 12.1 Å². The van der Waals surface area contributed by atoms with Gasteiger partial charge >= 0.3 is 0 Å². The number of sulfone groups is 1. The van der Waals surface area contributed by atoms with Gasteiger partial charge in [0.1, 0.15) is 0 Å². The SMILES string of the molecule is O=[N+]([O-])c1ccc(CS(=O)(=O)CC2CCCNC2)cc1. The molecule has 0 aromatic heterocycles. The van der Waals surface area contributed by atoms with Gasteiger partial charge in [-0.25, -0.2) is 8.42 Å². The van der Waals surface area contributed by atoms with Crippen LogP contribution < -0.4 is 5.32 Å². The second-order valence-electron chi connectivity index (χ2n) is 5.19. The molecule has 1 aromatic rings. The lowest BCUT2D eigenvalue weighted by Crippen LogP contribution is -2.34. The van der Waals surface area contributed by atoms with Crippen molar-refractivity contribution in [1.82, 2.24) is 5.32 Å². The third kappa shape index (κ3) is 4.28. The van der Waals surface area contributed by atoms with E-state index in [9.17, 15) is 18.5 Å². The van der Waals surface area contributed by atoms with Crippen LogP contribution in [-0.2, 0) is 15.6 Å². The molecule has 20 heavy (non-hydrogen) atoms. The Kier molecular flexibility index (Phi) is 4.72. The largest absolute Gasteiger partial charge is 0.316 e. The molecule has 1 aromatic carbocycles. The lowest BCUT2D eigenvalue weighted by atomic mass is 10.0. The zero-order valence-electron chi connectivity index (χ0n) is 11.1. The molecule has 6 nitrogen and oxygen atoms in total. The number of nitro benzene ring substituents is 1. The smallest absolute Gasteiger partial charge is 0.269 e. The minimum Gasteiger partial charge on any atom is -0.316 e. The van der Waals surface area contributed by atoms with Crippen LogP contribution in [0, 0.1) is 16.0 Å². The number of hydrogen-bond acceptors (Lipinski definition) is 5. The molecule has 1 N–H and O–H groups in total. The Morgan fingerprint density at radius 2 is 2.00 bits per heavy atom. The van der Waals surface area contributed by atoms with E-state index in [0.717, 1.165) is 25.9 Å². The molecule has 0 spiro atoms. The first kappa shape index (κ1) is 14.9. The van der Waals surface area contributed by atoms with Crippen molar-refractivity contribution in [3.63, 3.8) is 0 Å². The summed E-state index contributed by atoms with van der Waals surface area (Å²) in [5.74, 6) is 0.296. The number of non-ortho nitro benzene ring substituents is 1. The van der Waals surface area contributed by atoms with Crippen LogP contribution in [0.3, 0.4) is 0 Å². The number of benzene rings is 1. The van der Waals surface area contributed by atoms with Crippen LogP contribution in [0.25, 0.3) is 0 Å². The van der Waals surface area contributed by atoms with Crippen molar-refractivity contribution in [1.29, 1.82) is 0 Å². The summed E-state index contributed by atoms with van der Waals surface area (Å²) < 4.78 is 24.3. The first-order valence-electron chi connectivity index (χ1n) is 6.61. The molecule has 1 unspecified atom stereocenters. The lowest BCUT2D eigenvalue weighted by molar-refractivity contribution is -0.384. The molecule has 1 fully saturated rings. The summed E-state index contributed by atoms with van der Waals surface area (Å²) in [6.45, 7) is 1.71. The third-order valence-corrected chi connectivity index (χ3v) is 5.17. The zero-order chi connectivity index (χ0) is 14.6. The average molecular weight is 298 g/mol. The van der Waals surface area contributed by atoms with Gasteiger partial charge in [0.2, 0.25) is 0 Å². The van der Waals surface area contributed by atoms with Gasteiger partial charge in [0.05, 0.1) is 16.4 Å². The topological polar surface area (TPSA) is 89.3 Å². The normalized spacial score (nSPS) is 19.7. The van der Waals surface area contributed by atoms with Crippen LogP contribution in [0.5, 0.6) is 0 Å². The fourth-order valence-electron chi connectivity index (χ4n) is 2.45.